The molecule has 2 aromatic rings. The van der Waals surface area contributed by atoms with E-state index in [-0.39, 0.29) is 30.0 Å². The molecule has 0 radical (unpaired) electrons. The fourth-order valence-electron chi connectivity index (χ4n) is 5.35. The molecule has 180 valence electrons. The van der Waals surface area contributed by atoms with Crippen LogP contribution in [0.1, 0.15) is 48.8 Å². The van der Waals surface area contributed by atoms with Crippen LogP contribution >= 0.6 is 0 Å². The number of aryl methyl sites for hydroxylation is 1. The molecule has 1 aliphatic heterocycles. The smallest absolute Gasteiger partial charge is 0.266 e. The Morgan fingerprint density at radius 1 is 0.939 bits per heavy atom. The van der Waals surface area contributed by atoms with Crippen molar-refractivity contribution in [3.63, 3.8) is 0 Å². The highest BCUT2D eigenvalue weighted by molar-refractivity contribution is 7.92. The van der Waals surface area contributed by atoms with Gasteiger partial charge in [-0.05, 0) is 62.1 Å². The molecule has 1 aliphatic carbocycles. The number of benzene rings is 2. The van der Waals surface area contributed by atoms with Crippen molar-refractivity contribution >= 4 is 15.7 Å². The quantitative estimate of drug-likeness (QED) is 0.444. The number of fused-ring (bicyclic) bond motifs is 2. The third-order valence-electron chi connectivity index (χ3n) is 6.92. The van der Waals surface area contributed by atoms with Crippen LogP contribution in [0.25, 0.3) is 0 Å². The molecule has 10 heteroatoms. The van der Waals surface area contributed by atoms with Crippen LogP contribution in [0.2, 0.25) is 0 Å². The lowest BCUT2D eigenvalue weighted by molar-refractivity contribution is -0.203. The highest BCUT2D eigenvalue weighted by Crippen LogP contribution is 2.57. The monoisotopic (exact) mass is 491 g/mol. The summed E-state index contributed by atoms with van der Waals surface area (Å²) in [7, 11) is -4.27. The SMILES string of the molecule is Cc1ccc2c(c1)C1(CCCCC1C(F)(F)F)CCN2S(=O)(=O)c1ccc(C(F)(F)F)cc1. The second kappa shape index (κ2) is 7.92. The summed E-state index contributed by atoms with van der Waals surface area (Å²) in [6, 6.07) is 7.93. The first-order valence-corrected chi connectivity index (χ1v) is 12.1. The molecule has 0 saturated heterocycles. The minimum Gasteiger partial charge on any atom is -0.266 e. The second-order valence-electron chi connectivity index (χ2n) is 8.87. The molecule has 33 heavy (non-hydrogen) atoms. The van der Waals surface area contributed by atoms with Crippen molar-refractivity contribution in [3.8, 4) is 0 Å². The minimum atomic E-state index is -4.61. The Hall–Kier alpha value is -2.23. The van der Waals surface area contributed by atoms with Crippen molar-refractivity contribution in [3.05, 3.63) is 59.2 Å². The maximum absolute atomic E-state index is 14.1. The molecule has 4 rings (SSSR count). The van der Waals surface area contributed by atoms with Crippen molar-refractivity contribution in [2.24, 2.45) is 5.92 Å². The molecule has 1 spiro atoms. The van der Waals surface area contributed by atoms with Gasteiger partial charge in [0, 0.05) is 12.0 Å². The predicted molar refractivity (Wildman–Crippen MR) is 111 cm³/mol. The van der Waals surface area contributed by atoms with Gasteiger partial charge in [0.25, 0.3) is 10.0 Å². The fourth-order valence-corrected chi connectivity index (χ4v) is 6.84. The summed E-state index contributed by atoms with van der Waals surface area (Å²) in [6.07, 6.45) is -7.67. The van der Waals surface area contributed by atoms with E-state index in [0.29, 0.717) is 42.5 Å². The number of halogens is 6. The third kappa shape index (κ3) is 4.11. The van der Waals surface area contributed by atoms with E-state index in [1.54, 1.807) is 19.1 Å². The van der Waals surface area contributed by atoms with Crippen molar-refractivity contribution < 1.29 is 34.8 Å². The molecule has 2 unspecified atom stereocenters. The zero-order chi connectivity index (χ0) is 24.2. The van der Waals surface area contributed by atoms with Gasteiger partial charge in [0.05, 0.1) is 22.1 Å². The van der Waals surface area contributed by atoms with Crippen LogP contribution in [-0.2, 0) is 21.6 Å². The van der Waals surface area contributed by atoms with Crippen molar-refractivity contribution in [2.75, 3.05) is 10.8 Å². The van der Waals surface area contributed by atoms with E-state index in [1.807, 2.05) is 0 Å². The predicted octanol–water partition coefficient (Wildman–Crippen LogP) is 6.60. The average molecular weight is 491 g/mol. The van der Waals surface area contributed by atoms with Gasteiger partial charge in [-0.25, -0.2) is 8.42 Å². The lowest BCUT2D eigenvalue weighted by Crippen LogP contribution is -2.52. The van der Waals surface area contributed by atoms with Crippen molar-refractivity contribution in [1.29, 1.82) is 0 Å². The van der Waals surface area contributed by atoms with E-state index < -0.39 is 39.3 Å². The summed E-state index contributed by atoms with van der Waals surface area (Å²) in [4.78, 5) is -0.339. The van der Waals surface area contributed by atoms with Crippen LogP contribution < -0.4 is 4.31 Å². The molecule has 2 aromatic carbocycles. The normalized spacial score (nSPS) is 24.1. The molecule has 0 aromatic heterocycles. The van der Waals surface area contributed by atoms with Crippen molar-refractivity contribution in [2.45, 2.75) is 61.7 Å². The Morgan fingerprint density at radius 2 is 1.61 bits per heavy atom. The van der Waals surface area contributed by atoms with E-state index >= 15 is 0 Å². The highest BCUT2D eigenvalue weighted by atomic mass is 32.2. The molecule has 1 saturated carbocycles. The Kier molecular flexibility index (Phi) is 5.74. The van der Waals surface area contributed by atoms with Crippen LogP contribution in [0.4, 0.5) is 32.0 Å². The first kappa shape index (κ1) is 23.9. The molecule has 0 N–H and O–H groups in total. The summed E-state index contributed by atoms with van der Waals surface area (Å²) in [5, 5.41) is 0. The van der Waals surface area contributed by atoms with Gasteiger partial charge in [0.2, 0.25) is 0 Å². The number of hydrogen-bond acceptors (Lipinski definition) is 2. The van der Waals surface area contributed by atoms with Crippen LogP contribution in [-0.4, -0.2) is 21.1 Å². The number of anilines is 1. The largest absolute Gasteiger partial charge is 0.416 e. The first-order chi connectivity index (χ1) is 15.3. The lowest BCUT2D eigenvalue weighted by Gasteiger charge is -2.50. The lowest BCUT2D eigenvalue weighted by atomic mass is 9.59. The standard InChI is InChI=1S/C23H23F6NO2S/c1-15-5-10-19-18(14-15)21(11-3-2-4-20(21)23(27,28)29)12-13-30(19)33(31,32)17-8-6-16(7-9-17)22(24,25)26/h5-10,14,20H,2-4,11-13H2,1H3. The van der Waals surface area contributed by atoms with Gasteiger partial charge in [0.1, 0.15) is 0 Å². The molecule has 0 amide bonds. The van der Waals surface area contributed by atoms with Crippen LogP contribution in [0, 0.1) is 12.8 Å². The summed E-state index contributed by atoms with van der Waals surface area (Å²) in [5.74, 6) is -1.57. The molecule has 0 bridgehead atoms. The summed E-state index contributed by atoms with van der Waals surface area (Å²) >= 11 is 0. The number of hydrogen-bond donors (Lipinski definition) is 0. The highest BCUT2D eigenvalue weighted by Gasteiger charge is 2.57. The fraction of sp³-hybridized carbons (Fsp3) is 0.478. The Bertz CT molecular complexity index is 1140. The van der Waals surface area contributed by atoms with Crippen LogP contribution in [0.3, 0.4) is 0 Å². The van der Waals surface area contributed by atoms with E-state index in [1.165, 1.54) is 6.07 Å². The maximum Gasteiger partial charge on any atom is 0.416 e. The zero-order valence-electron chi connectivity index (χ0n) is 17.8. The van der Waals surface area contributed by atoms with Gasteiger partial charge >= 0.3 is 12.4 Å². The van der Waals surface area contributed by atoms with E-state index in [0.717, 1.165) is 16.4 Å². The van der Waals surface area contributed by atoms with Gasteiger partial charge in [-0.15, -0.1) is 0 Å². The van der Waals surface area contributed by atoms with E-state index in [2.05, 4.69) is 0 Å². The summed E-state index contributed by atoms with van der Waals surface area (Å²) in [5.41, 5.74) is -0.961. The minimum absolute atomic E-state index is 0.00645. The number of rotatable bonds is 2. The molecule has 1 fully saturated rings. The van der Waals surface area contributed by atoms with Gasteiger partial charge < -0.3 is 0 Å². The molecule has 2 aliphatic rings. The van der Waals surface area contributed by atoms with Crippen molar-refractivity contribution in [1.82, 2.24) is 0 Å². The second-order valence-corrected chi connectivity index (χ2v) is 10.7. The summed E-state index contributed by atoms with van der Waals surface area (Å²) < 4.78 is 109. The number of sulfonamides is 1. The number of alkyl halides is 6. The Morgan fingerprint density at radius 3 is 2.21 bits per heavy atom. The molecular weight excluding hydrogens is 468 g/mol. The number of nitrogens with zero attached hydrogens (tertiary/aromatic N) is 1. The molecule has 1 heterocycles. The van der Waals surface area contributed by atoms with E-state index in [4.69, 9.17) is 0 Å². The van der Waals surface area contributed by atoms with Gasteiger partial charge in [-0.1, -0.05) is 30.5 Å². The topological polar surface area (TPSA) is 37.4 Å². The van der Waals surface area contributed by atoms with Crippen LogP contribution in [0.15, 0.2) is 47.4 Å². The Balaban J connectivity index is 1.81. The summed E-state index contributed by atoms with van der Waals surface area (Å²) in [6.45, 7) is 1.56. The first-order valence-electron chi connectivity index (χ1n) is 10.6. The average Bonchev–Trinajstić information content (AvgIpc) is 2.73. The Labute approximate surface area is 188 Å². The van der Waals surface area contributed by atoms with Crippen LogP contribution in [0.5, 0.6) is 0 Å². The molecular formula is C23H23F6NO2S. The molecule has 2 atom stereocenters. The maximum atomic E-state index is 14.1. The van der Waals surface area contributed by atoms with E-state index in [9.17, 15) is 34.8 Å². The van der Waals surface area contributed by atoms with Gasteiger partial charge in [-0.2, -0.15) is 26.3 Å². The van der Waals surface area contributed by atoms with Gasteiger partial charge in [0.15, 0.2) is 0 Å². The third-order valence-corrected chi connectivity index (χ3v) is 8.74. The van der Waals surface area contributed by atoms with Gasteiger partial charge in [-0.3, -0.25) is 4.31 Å². The zero-order valence-corrected chi connectivity index (χ0v) is 18.6. The molecule has 3 nitrogen and oxygen atoms in total.